The molecule has 0 aromatic heterocycles. The zero-order chi connectivity index (χ0) is 21.4. The normalized spacial score (nSPS) is 12.9. The van der Waals surface area contributed by atoms with Crippen LogP contribution in [-0.2, 0) is 9.59 Å². The van der Waals surface area contributed by atoms with Crippen LogP contribution in [0.2, 0.25) is 0 Å². The lowest BCUT2D eigenvalue weighted by atomic mass is 10.0. The van der Waals surface area contributed by atoms with Crippen molar-refractivity contribution in [3.8, 4) is 5.75 Å². The van der Waals surface area contributed by atoms with Crippen LogP contribution in [0.4, 0.5) is 0 Å². The number of methoxy groups -OCH3 is 1. The van der Waals surface area contributed by atoms with E-state index in [0.717, 1.165) is 22.4 Å². The van der Waals surface area contributed by atoms with Crippen LogP contribution in [-0.4, -0.2) is 44.5 Å². The number of carbonyl (C=O) groups is 2. The summed E-state index contributed by atoms with van der Waals surface area (Å²) in [7, 11) is 5.58. The number of hydrogen-bond acceptors (Lipinski definition) is 4. The molecule has 156 valence electrons. The zero-order valence-corrected chi connectivity index (χ0v) is 17.9. The summed E-state index contributed by atoms with van der Waals surface area (Å²) < 4.78 is 5.47. The summed E-state index contributed by atoms with van der Waals surface area (Å²) in [6, 6.07) is 15.2. The molecule has 2 rings (SSSR count). The lowest BCUT2D eigenvalue weighted by Crippen LogP contribution is -2.37. The molecule has 2 unspecified atom stereocenters. The number of nitrogens with one attached hydrogen (secondary N) is 2. The topological polar surface area (TPSA) is 70.7 Å². The number of likely N-dealkylation sites (N-methyl/N-ethyl adjacent to an activating group) is 1. The summed E-state index contributed by atoms with van der Waals surface area (Å²) in [6.45, 7) is 3.90. The van der Waals surface area contributed by atoms with Crippen LogP contribution in [0.3, 0.4) is 0 Å². The van der Waals surface area contributed by atoms with Gasteiger partial charge >= 0.3 is 0 Å². The fourth-order valence-corrected chi connectivity index (χ4v) is 3.28. The van der Waals surface area contributed by atoms with Crippen LogP contribution in [0.15, 0.2) is 48.5 Å². The Hall–Kier alpha value is -2.86. The Bertz CT molecular complexity index is 818. The van der Waals surface area contributed by atoms with Gasteiger partial charge in [0.15, 0.2) is 0 Å². The van der Waals surface area contributed by atoms with E-state index in [1.807, 2.05) is 74.4 Å². The zero-order valence-electron chi connectivity index (χ0n) is 17.9. The average Bonchev–Trinajstić information content (AvgIpc) is 2.68. The van der Waals surface area contributed by atoms with Gasteiger partial charge in [0.2, 0.25) is 11.8 Å². The number of carbonyl (C=O) groups excluding carboxylic acids is 2. The van der Waals surface area contributed by atoms with E-state index in [1.54, 1.807) is 7.11 Å². The van der Waals surface area contributed by atoms with Gasteiger partial charge in [0.1, 0.15) is 5.75 Å². The van der Waals surface area contributed by atoms with Gasteiger partial charge in [-0.3, -0.25) is 9.59 Å². The maximum absolute atomic E-state index is 12.7. The standard InChI is InChI=1S/C23H31N3O3/c1-16-10-12-18(13-11-16)20(25-17(2)27)14-23(28)24-15-21(26(3)4)19-8-6-7-9-22(19)29-5/h6-13,20-21H,14-15H2,1-5H3,(H,24,28)(H,25,27). The van der Waals surface area contributed by atoms with Gasteiger partial charge in [-0.25, -0.2) is 0 Å². The first kappa shape index (κ1) is 22.4. The van der Waals surface area contributed by atoms with Crippen LogP contribution in [0.5, 0.6) is 5.75 Å². The molecule has 0 heterocycles. The van der Waals surface area contributed by atoms with Crippen molar-refractivity contribution in [1.29, 1.82) is 0 Å². The Morgan fingerprint density at radius 3 is 2.31 bits per heavy atom. The van der Waals surface area contributed by atoms with Crippen molar-refractivity contribution < 1.29 is 14.3 Å². The minimum Gasteiger partial charge on any atom is -0.496 e. The molecule has 2 amide bonds. The van der Waals surface area contributed by atoms with Crippen LogP contribution in [0.25, 0.3) is 0 Å². The van der Waals surface area contributed by atoms with Crippen molar-refractivity contribution in [2.75, 3.05) is 27.7 Å². The average molecular weight is 398 g/mol. The number of para-hydroxylation sites is 1. The van der Waals surface area contributed by atoms with Crippen LogP contribution < -0.4 is 15.4 Å². The molecule has 2 aromatic carbocycles. The van der Waals surface area contributed by atoms with Gasteiger partial charge in [-0.15, -0.1) is 0 Å². The van der Waals surface area contributed by atoms with E-state index in [0.29, 0.717) is 6.54 Å². The van der Waals surface area contributed by atoms with Gasteiger partial charge in [0, 0.05) is 19.0 Å². The molecule has 0 saturated heterocycles. The lowest BCUT2D eigenvalue weighted by Gasteiger charge is -2.27. The second-order valence-corrected chi connectivity index (χ2v) is 7.39. The van der Waals surface area contributed by atoms with Gasteiger partial charge in [-0.2, -0.15) is 0 Å². The highest BCUT2D eigenvalue weighted by molar-refractivity contribution is 5.79. The molecule has 0 aliphatic heterocycles. The molecule has 6 heteroatoms. The van der Waals surface area contributed by atoms with Crippen molar-refractivity contribution in [2.24, 2.45) is 0 Å². The summed E-state index contributed by atoms with van der Waals surface area (Å²) >= 11 is 0. The van der Waals surface area contributed by atoms with E-state index in [4.69, 9.17) is 4.74 Å². The first-order chi connectivity index (χ1) is 13.8. The highest BCUT2D eigenvalue weighted by Crippen LogP contribution is 2.27. The predicted molar refractivity (Wildman–Crippen MR) is 115 cm³/mol. The molecule has 6 nitrogen and oxygen atoms in total. The van der Waals surface area contributed by atoms with Gasteiger partial charge in [-0.05, 0) is 32.6 Å². The third-order valence-corrected chi connectivity index (χ3v) is 4.86. The molecule has 2 atom stereocenters. The lowest BCUT2D eigenvalue weighted by molar-refractivity contribution is -0.123. The Balaban J connectivity index is 2.08. The summed E-state index contributed by atoms with van der Waals surface area (Å²) in [6.07, 6.45) is 0.175. The second kappa shape index (κ2) is 10.6. The summed E-state index contributed by atoms with van der Waals surface area (Å²) in [5.74, 6) is 0.505. The number of rotatable bonds is 9. The number of benzene rings is 2. The number of nitrogens with zero attached hydrogens (tertiary/aromatic N) is 1. The maximum atomic E-state index is 12.7. The highest BCUT2D eigenvalue weighted by Gasteiger charge is 2.21. The molecular formula is C23H31N3O3. The molecular weight excluding hydrogens is 366 g/mol. The molecule has 2 aromatic rings. The molecule has 0 radical (unpaired) electrons. The van der Waals surface area contributed by atoms with Crippen molar-refractivity contribution in [2.45, 2.75) is 32.4 Å². The monoisotopic (exact) mass is 397 g/mol. The molecule has 0 aliphatic carbocycles. The van der Waals surface area contributed by atoms with E-state index in [9.17, 15) is 9.59 Å². The Morgan fingerprint density at radius 2 is 1.72 bits per heavy atom. The SMILES string of the molecule is COc1ccccc1C(CNC(=O)CC(NC(C)=O)c1ccc(C)cc1)N(C)C. The number of amides is 2. The third kappa shape index (κ3) is 6.61. The van der Waals surface area contributed by atoms with E-state index < -0.39 is 0 Å². The van der Waals surface area contributed by atoms with Crippen LogP contribution >= 0.6 is 0 Å². The summed E-state index contributed by atoms with van der Waals surface area (Å²) in [5.41, 5.74) is 3.05. The highest BCUT2D eigenvalue weighted by atomic mass is 16.5. The Morgan fingerprint density at radius 1 is 1.07 bits per heavy atom. The molecule has 0 fully saturated rings. The quantitative estimate of drug-likeness (QED) is 0.682. The van der Waals surface area contributed by atoms with Crippen LogP contribution in [0, 0.1) is 6.92 Å². The summed E-state index contributed by atoms with van der Waals surface area (Å²) in [4.78, 5) is 26.3. The van der Waals surface area contributed by atoms with E-state index in [2.05, 4.69) is 10.6 Å². The minimum absolute atomic E-state index is 0.0336. The van der Waals surface area contributed by atoms with Crippen LogP contribution in [0.1, 0.15) is 42.1 Å². The van der Waals surface area contributed by atoms with E-state index in [1.165, 1.54) is 6.92 Å². The van der Waals surface area contributed by atoms with Gasteiger partial charge in [-0.1, -0.05) is 48.0 Å². The first-order valence-electron chi connectivity index (χ1n) is 9.71. The van der Waals surface area contributed by atoms with Gasteiger partial charge < -0.3 is 20.3 Å². The second-order valence-electron chi connectivity index (χ2n) is 7.39. The maximum Gasteiger partial charge on any atom is 0.222 e. The Labute approximate surface area is 173 Å². The largest absolute Gasteiger partial charge is 0.496 e. The van der Waals surface area contributed by atoms with E-state index in [-0.39, 0.29) is 30.3 Å². The number of hydrogen-bond donors (Lipinski definition) is 2. The molecule has 0 aliphatic rings. The molecule has 29 heavy (non-hydrogen) atoms. The first-order valence-corrected chi connectivity index (χ1v) is 9.71. The Kier molecular flexibility index (Phi) is 8.21. The molecule has 0 spiro atoms. The van der Waals surface area contributed by atoms with Gasteiger partial charge in [0.05, 0.1) is 25.6 Å². The van der Waals surface area contributed by atoms with Crippen molar-refractivity contribution in [1.82, 2.24) is 15.5 Å². The molecule has 0 bridgehead atoms. The molecule has 2 N–H and O–H groups in total. The van der Waals surface area contributed by atoms with Crippen molar-refractivity contribution in [3.05, 3.63) is 65.2 Å². The minimum atomic E-state index is -0.364. The predicted octanol–water partition coefficient (Wildman–Crippen LogP) is 2.99. The van der Waals surface area contributed by atoms with Crippen molar-refractivity contribution in [3.63, 3.8) is 0 Å². The number of aryl methyl sites for hydroxylation is 1. The fraction of sp³-hybridized carbons (Fsp3) is 0.391. The smallest absolute Gasteiger partial charge is 0.222 e. The van der Waals surface area contributed by atoms with E-state index >= 15 is 0 Å². The number of ether oxygens (including phenoxy) is 1. The van der Waals surface area contributed by atoms with Crippen molar-refractivity contribution >= 4 is 11.8 Å². The fourth-order valence-electron chi connectivity index (χ4n) is 3.28. The summed E-state index contributed by atoms with van der Waals surface area (Å²) in [5, 5.41) is 5.89. The van der Waals surface area contributed by atoms with Gasteiger partial charge in [0.25, 0.3) is 0 Å². The third-order valence-electron chi connectivity index (χ3n) is 4.86. The molecule has 0 saturated carbocycles.